The van der Waals surface area contributed by atoms with Gasteiger partial charge in [-0.25, -0.2) is 4.98 Å². The molecule has 0 saturated carbocycles. The van der Waals surface area contributed by atoms with Crippen LogP contribution < -0.4 is 5.56 Å². The van der Waals surface area contributed by atoms with E-state index >= 15 is 0 Å². The van der Waals surface area contributed by atoms with Gasteiger partial charge in [0.2, 0.25) is 0 Å². The normalized spacial score (nSPS) is 12.2. The minimum absolute atomic E-state index is 0.0294. The van der Waals surface area contributed by atoms with Crippen molar-refractivity contribution in [3.8, 4) is 5.75 Å². The fraction of sp³-hybridized carbons (Fsp3) is 0. The van der Waals surface area contributed by atoms with E-state index in [9.17, 15) is 14.5 Å². The molecule has 5 N–H and O–H groups in total. The SMILES string of the molecule is O=c1[nH]cnc2c(Sc3ccc(O)cc3C=CP(=O)(O)O)c[nH]c12. The zero-order valence-corrected chi connectivity index (χ0v) is 13.7. The molecule has 2 aromatic heterocycles. The maximum Gasteiger partial charge on any atom is 0.349 e. The second-order valence-electron chi connectivity index (χ2n) is 4.84. The van der Waals surface area contributed by atoms with Crippen LogP contribution in [0.3, 0.4) is 0 Å². The summed E-state index contributed by atoms with van der Waals surface area (Å²) in [5, 5.41) is 9.60. The number of nitrogens with one attached hydrogen (secondary N) is 2. The summed E-state index contributed by atoms with van der Waals surface area (Å²) in [4.78, 5) is 40.4. The van der Waals surface area contributed by atoms with Gasteiger partial charge in [0.15, 0.2) is 0 Å². The topological polar surface area (TPSA) is 139 Å². The van der Waals surface area contributed by atoms with E-state index < -0.39 is 7.60 Å². The number of nitrogens with zero attached hydrogens (tertiary/aromatic N) is 1. The number of H-pyrrole nitrogens is 2. The first-order valence-corrected chi connectivity index (χ1v) is 9.13. The zero-order valence-electron chi connectivity index (χ0n) is 12.0. The van der Waals surface area contributed by atoms with Crippen molar-refractivity contribution < 1.29 is 19.5 Å². The van der Waals surface area contributed by atoms with E-state index in [2.05, 4.69) is 15.0 Å². The van der Waals surface area contributed by atoms with E-state index in [1.165, 1.54) is 36.3 Å². The van der Waals surface area contributed by atoms with Crippen molar-refractivity contribution in [2.75, 3.05) is 0 Å². The molecule has 0 aliphatic carbocycles. The predicted molar refractivity (Wildman–Crippen MR) is 90.0 cm³/mol. The summed E-state index contributed by atoms with van der Waals surface area (Å²) < 4.78 is 11.0. The highest BCUT2D eigenvalue weighted by Crippen LogP contribution is 2.40. The lowest BCUT2D eigenvalue weighted by molar-refractivity contribution is 0.386. The quantitative estimate of drug-likeness (QED) is 0.447. The molecule has 2 heterocycles. The molecule has 0 saturated heterocycles. The Kier molecular flexibility index (Phi) is 4.33. The molecule has 3 aromatic rings. The summed E-state index contributed by atoms with van der Waals surface area (Å²) in [5.74, 6) is 0.738. The monoisotopic (exact) mass is 365 g/mol. The molecule has 1 aromatic carbocycles. The van der Waals surface area contributed by atoms with Crippen molar-refractivity contribution in [2.45, 2.75) is 9.79 Å². The van der Waals surface area contributed by atoms with Crippen LogP contribution >= 0.6 is 19.4 Å². The van der Waals surface area contributed by atoms with Gasteiger partial charge in [-0.3, -0.25) is 9.36 Å². The van der Waals surface area contributed by atoms with Crippen LogP contribution in [0.5, 0.6) is 5.75 Å². The highest BCUT2D eigenvalue weighted by atomic mass is 32.2. The Morgan fingerprint density at radius 3 is 2.75 bits per heavy atom. The van der Waals surface area contributed by atoms with Crippen LogP contribution in [-0.2, 0) is 4.57 Å². The van der Waals surface area contributed by atoms with Gasteiger partial charge in [-0.15, -0.1) is 0 Å². The summed E-state index contributed by atoms with van der Waals surface area (Å²) in [7, 11) is -4.32. The van der Waals surface area contributed by atoms with Gasteiger partial charge in [0.25, 0.3) is 5.56 Å². The first-order valence-electron chi connectivity index (χ1n) is 6.63. The molecule has 24 heavy (non-hydrogen) atoms. The minimum atomic E-state index is -4.32. The lowest BCUT2D eigenvalue weighted by Crippen LogP contribution is -2.05. The number of phenolic OH excluding ortho intramolecular Hbond substituents is 1. The summed E-state index contributed by atoms with van der Waals surface area (Å²) in [6.45, 7) is 0. The van der Waals surface area contributed by atoms with Crippen molar-refractivity contribution >= 4 is 36.5 Å². The molecule has 0 bridgehead atoms. The van der Waals surface area contributed by atoms with Gasteiger partial charge < -0.3 is 24.9 Å². The lowest BCUT2D eigenvalue weighted by Gasteiger charge is -2.06. The number of hydrogen-bond donors (Lipinski definition) is 5. The average Bonchev–Trinajstić information content (AvgIpc) is 2.91. The van der Waals surface area contributed by atoms with Crippen LogP contribution in [-0.4, -0.2) is 29.8 Å². The van der Waals surface area contributed by atoms with E-state index in [1.807, 2.05) is 0 Å². The fourth-order valence-corrected chi connectivity index (χ4v) is 3.40. The fourth-order valence-electron chi connectivity index (χ4n) is 2.06. The van der Waals surface area contributed by atoms with Crippen LogP contribution in [0.15, 0.2) is 51.1 Å². The van der Waals surface area contributed by atoms with Gasteiger partial charge >= 0.3 is 7.60 Å². The molecule has 8 nitrogen and oxygen atoms in total. The number of benzene rings is 1. The number of rotatable bonds is 4. The van der Waals surface area contributed by atoms with Crippen molar-refractivity contribution in [2.24, 2.45) is 0 Å². The largest absolute Gasteiger partial charge is 0.508 e. The Hall–Kier alpha value is -2.32. The predicted octanol–water partition coefficient (Wildman–Crippen LogP) is 2.26. The van der Waals surface area contributed by atoms with Crippen molar-refractivity contribution in [3.05, 3.63) is 52.5 Å². The third-order valence-electron chi connectivity index (χ3n) is 3.10. The smallest absolute Gasteiger partial charge is 0.349 e. The third kappa shape index (κ3) is 3.60. The molecule has 0 amide bonds. The molecule has 3 rings (SSSR count). The van der Waals surface area contributed by atoms with Gasteiger partial charge in [0.1, 0.15) is 16.8 Å². The molecule has 0 fully saturated rings. The molecule has 10 heteroatoms. The molecule has 0 atom stereocenters. The third-order valence-corrected chi connectivity index (χ3v) is 4.76. The van der Waals surface area contributed by atoms with Crippen molar-refractivity contribution in [1.82, 2.24) is 15.0 Å². The van der Waals surface area contributed by atoms with E-state index in [4.69, 9.17) is 9.79 Å². The van der Waals surface area contributed by atoms with E-state index in [-0.39, 0.29) is 11.3 Å². The van der Waals surface area contributed by atoms with Crippen molar-refractivity contribution in [1.29, 1.82) is 0 Å². The van der Waals surface area contributed by atoms with Gasteiger partial charge in [0, 0.05) is 16.9 Å². The number of aromatic nitrogens is 3. The van der Waals surface area contributed by atoms with Crippen LogP contribution in [0.1, 0.15) is 5.56 Å². The number of phenols is 1. The Morgan fingerprint density at radius 1 is 1.21 bits per heavy atom. The van der Waals surface area contributed by atoms with Crippen LogP contribution in [0, 0.1) is 0 Å². The van der Waals surface area contributed by atoms with Crippen LogP contribution in [0.4, 0.5) is 0 Å². The van der Waals surface area contributed by atoms with Gasteiger partial charge in [-0.2, -0.15) is 0 Å². The lowest BCUT2D eigenvalue weighted by atomic mass is 10.2. The first-order chi connectivity index (χ1) is 11.3. The summed E-state index contributed by atoms with van der Waals surface area (Å²) in [6.07, 6.45) is 4.17. The summed E-state index contributed by atoms with van der Waals surface area (Å²) in [5.41, 5.74) is 0.967. The highest BCUT2D eigenvalue weighted by Gasteiger charge is 2.12. The molecule has 0 spiro atoms. The van der Waals surface area contributed by atoms with E-state index in [0.717, 1.165) is 5.82 Å². The highest BCUT2D eigenvalue weighted by molar-refractivity contribution is 7.99. The molecule has 0 aliphatic rings. The zero-order chi connectivity index (χ0) is 17.3. The number of fused-ring (bicyclic) bond motifs is 1. The first kappa shape index (κ1) is 16.5. The molecule has 0 unspecified atom stereocenters. The van der Waals surface area contributed by atoms with E-state index in [1.54, 1.807) is 12.3 Å². The standard InChI is InChI=1S/C14H12N3O5PS/c18-9-1-2-10(8(5-9)3-4-23(20,21)22)24-11-6-15-13-12(11)16-7-17-14(13)19/h1-7,15,18H,(H,16,17,19)(H2,20,21,22). The average molecular weight is 365 g/mol. The Bertz CT molecular complexity index is 1040. The molecular weight excluding hydrogens is 353 g/mol. The van der Waals surface area contributed by atoms with Crippen LogP contribution in [0.2, 0.25) is 0 Å². The number of aromatic amines is 2. The van der Waals surface area contributed by atoms with Crippen LogP contribution in [0.25, 0.3) is 17.1 Å². The maximum absolute atomic E-state index is 11.7. The Labute approximate surface area is 139 Å². The molecular formula is C14H12N3O5PS. The summed E-state index contributed by atoms with van der Waals surface area (Å²) >= 11 is 1.26. The molecule has 0 aliphatic heterocycles. The second-order valence-corrected chi connectivity index (χ2v) is 7.40. The van der Waals surface area contributed by atoms with Gasteiger partial charge in [-0.05, 0) is 29.8 Å². The summed E-state index contributed by atoms with van der Waals surface area (Å²) in [6, 6.07) is 4.47. The Morgan fingerprint density at radius 2 is 2.00 bits per heavy atom. The molecule has 0 radical (unpaired) electrons. The number of aromatic hydroxyl groups is 1. The van der Waals surface area contributed by atoms with Gasteiger partial charge in [-0.1, -0.05) is 11.8 Å². The van der Waals surface area contributed by atoms with Gasteiger partial charge in [0.05, 0.1) is 11.2 Å². The second kappa shape index (κ2) is 6.29. The molecule has 124 valence electrons. The van der Waals surface area contributed by atoms with Crippen molar-refractivity contribution in [3.63, 3.8) is 0 Å². The minimum Gasteiger partial charge on any atom is -0.508 e. The number of hydrogen-bond acceptors (Lipinski definition) is 5. The maximum atomic E-state index is 11.7. The Balaban J connectivity index is 2.03. The van der Waals surface area contributed by atoms with E-state index in [0.29, 0.717) is 26.4 Å².